The Kier molecular flexibility index (Phi) is 3.17. The lowest BCUT2D eigenvalue weighted by atomic mass is 10.4. The van der Waals surface area contributed by atoms with Crippen LogP contribution in [-0.2, 0) is 0 Å². The minimum Gasteiger partial charge on any atom is -0.400 e. The Balaban J connectivity index is 2.02. The number of rotatable bonds is 3. The molecule has 90 valence electrons. The van der Waals surface area contributed by atoms with Gasteiger partial charge >= 0.3 is 5.88 Å². The Bertz CT molecular complexity index is 478. The predicted molar refractivity (Wildman–Crippen MR) is 62.3 cm³/mol. The van der Waals surface area contributed by atoms with Gasteiger partial charge in [0.25, 0.3) is 0 Å². The summed E-state index contributed by atoms with van der Waals surface area (Å²) in [5.74, 6) is 0.945. The molecule has 1 aromatic rings. The van der Waals surface area contributed by atoms with Gasteiger partial charge in [-0.1, -0.05) is 0 Å². The second kappa shape index (κ2) is 4.77. The van der Waals surface area contributed by atoms with Crippen molar-refractivity contribution in [1.82, 2.24) is 4.90 Å². The average Bonchev–Trinajstić information content (AvgIpc) is 2.89. The Morgan fingerprint density at radius 3 is 3.00 bits per heavy atom. The van der Waals surface area contributed by atoms with Crippen molar-refractivity contribution < 1.29 is 9.34 Å². The van der Waals surface area contributed by atoms with Gasteiger partial charge in [0.05, 0.1) is 12.3 Å². The van der Waals surface area contributed by atoms with E-state index >= 15 is 0 Å². The van der Waals surface area contributed by atoms with E-state index in [0.717, 1.165) is 25.2 Å². The monoisotopic (exact) mass is 236 g/mol. The van der Waals surface area contributed by atoms with Crippen molar-refractivity contribution >= 4 is 17.9 Å². The first kappa shape index (κ1) is 11.3. The highest BCUT2D eigenvalue weighted by Gasteiger charge is 2.13. The molecule has 7 nitrogen and oxygen atoms in total. The van der Waals surface area contributed by atoms with E-state index in [4.69, 9.17) is 4.42 Å². The first-order chi connectivity index (χ1) is 8.16. The van der Waals surface area contributed by atoms with E-state index in [2.05, 4.69) is 10.2 Å². The van der Waals surface area contributed by atoms with Gasteiger partial charge < -0.3 is 9.32 Å². The molecule has 0 aliphatic carbocycles. The summed E-state index contributed by atoms with van der Waals surface area (Å²) in [7, 11) is 1.96. The molecule has 1 aliphatic rings. The normalized spacial score (nSPS) is 18.4. The SMILES string of the molecule is CN1CCCC1=NN=Cc1ccc([N+](=O)[O-])o1. The number of furan rings is 1. The van der Waals surface area contributed by atoms with E-state index in [9.17, 15) is 10.1 Å². The Morgan fingerprint density at radius 1 is 1.59 bits per heavy atom. The van der Waals surface area contributed by atoms with Gasteiger partial charge in [-0.2, -0.15) is 5.10 Å². The van der Waals surface area contributed by atoms with Crippen LogP contribution in [0.2, 0.25) is 0 Å². The number of nitrogens with zero attached hydrogens (tertiary/aromatic N) is 4. The summed E-state index contributed by atoms with van der Waals surface area (Å²) in [5, 5.41) is 18.3. The molecule has 1 aliphatic heterocycles. The van der Waals surface area contributed by atoms with Gasteiger partial charge in [-0.3, -0.25) is 10.1 Å². The molecule has 1 saturated heterocycles. The third-order valence-corrected chi connectivity index (χ3v) is 2.49. The van der Waals surface area contributed by atoms with Gasteiger partial charge in [-0.05, 0) is 12.5 Å². The molecule has 0 N–H and O–H groups in total. The molecule has 2 rings (SSSR count). The van der Waals surface area contributed by atoms with Crippen molar-refractivity contribution in [2.75, 3.05) is 13.6 Å². The van der Waals surface area contributed by atoms with Gasteiger partial charge in [-0.15, -0.1) is 5.10 Å². The highest BCUT2D eigenvalue weighted by atomic mass is 16.6. The number of hydrogen-bond donors (Lipinski definition) is 0. The maximum Gasteiger partial charge on any atom is 0.433 e. The summed E-state index contributed by atoms with van der Waals surface area (Å²) in [4.78, 5) is 11.8. The molecule has 7 heteroatoms. The van der Waals surface area contributed by atoms with Crippen LogP contribution >= 0.6 is 0 Å². The first-order valence-electron chi connectivity index (χ1n) is 5.22. The van der Waals surface area contributed by atoms with Gasteiger partial charge in [-0.25, -0.2) is 0 Å². The smallest absolute Gasteiger partial charge is 0.400 e. The molecule has 0 atom stereocenters. The molecule has 0 unspecified atom stereocenters. The van der Waals surface area contributed by atoms with Gasteiger partial charge in [0.15, 0.2) is 5.76 Å². The topological polar surface area (TPSA) is 84.2 Å². The summed E-state index contributed by atoms with van der Waals surface area (Å²) >= 11 is 0. The van der Waals surface area contributed by atoms with Crippen LogP contribution < -0.4 is 0 Å². The zero-order chi connectivity index (χ0) is 12.3. The summed E-state index contributed by atoms with van der Waals surface area (Å²) in [5.41, 5.74) is 0. The minimum absolute atomic E-state index is 0.294. The van der Waals surface area contributed by atoms with Gasteiger partial charge in [0.2, 0.25) is 0 Å². The largest absolute Gasteiger partial charge is 0.433 e. The lowest BCUT2D eigenvalue weighted by Crippen LogP contribution is -2.18. The van der Waals surface area contributed by atoms with Crippen LogP contribution in [0, 0.1) is 10.1 Å². The minimum atomic E-state index is -0.589. The summed E-state index contributed by atoms with van der Waals surface area (Å²) in [6.07, 6.45) is 3.36. The number of amidine groups is 1. The molecule has 0 bridgehead atoms. The number of hydrogen-bond acceptors (Lipinski definition) is 5. The van der Waals surface area contributed by atoms with Crippen molar-refractivity contribution in [3.8, 4) is 0 Å². The van der Waals surface area contributed by atoms with E-state index in [0.29, 0.717) is 5.76 Å². The number of likely N-dealkylation sites (tertiary alicyclic amines) is 1. The van der Waals surface area contributed by atoms with Crippen molar-refractivity contribution in [2.45, 2.75) is 12.8 Å². The Hall–Kier alpha value is -2.18. The predicted octanol–water partition coefficient (Wildman–Crippen LogP) is 1.65. The van der Waals surface area contributed by atoms with Crippen molar-refractivity contribution in [3.63, 3.8) is 0 Å². The van der Waals surface area contributed by atoms with Crippen LogP contribution in [-0.4, -0.2) is 35.5 Å². The number of nitro groups is 1. The third kappa shape index (κ3) is 2.68. The first-order valence-corrected chi connectivity index (χ1v) is 5.22. The third-order valence-electron chi connectivity index (χ3n) is 2.49. The lowest BCUT2D eigenvalue weighted by molar-refractivity contribution is -0.402. The molecular weight excluding hydrogens is 224 g/mol. The van der Waals surface area contributed by atoms with E-state index in [1.807, 2.05) is 11.9 Å². The fourth-order valence-corrected chi connectivity index (χ4v) is 1.58. The van der Waals surface area contributed by atoms with Crippen molar-refractivity contribution in [3.05, 3.63) is 28.0 Å². The fourth-order valence-electron chi connectivity index (χ4n) is 1.58. The average molecular weight is 236 g/mol. The van der Waals surface area contributed by atoms with Crippen molar-refractivity contribution in [1.29, 1.82) is 0 Å². The Labute approximate surface area is 97.6 Å². The zero-order valence-corrected chi connectivity index (χ0v) is 9.37. The molecule has 17 heavy (non-hydrogen) atoms. The highest BCUT2D eigenvalue weighted by Crippen LogP contribution is 2.14. The molecule has 0 aromatic carbocycles. The molecule has 0 radical (unpaired) electrons. The maximum atomic E-state index is 10.4. The van der Waals surface area contributed by atoms with Crippen LogP contribution in [0.25, 0.3) is 0 Å². The second-order valence-electron chi connectivity index (χ2n) is 3.72. The van der Waals surface area contributed by atoms with E-state index in [-0.39, 0.29) is 5.88 Å². The van der Waals surface area contributed by atoms with Crippen molar-refractivity contribution in [2.24, 2.45) is 10.2 Å². The molecule has 2 heterocycles. The fraction of sp³-hybridized carbons (Fsp3) is 0.400. The zero-order valence-electron chi connectivity index (χ0n) is 9.37. The highest BCUT2D eigenvalue weighted by molar-refractivity contribution is 5.84. The molecular formula is C10H12N4O3. The van der Waals surface area contributed by atoms with Crippen LogP contribution in [0.1, 0.15) is 18.6 Å². The Morgan fingerprint density at radius 2 is 2.41 bits per heavy atom. The lowest BCUT2D eigenvalue weighted by Gasteiger charge is -2.08. The van der Waals surface area contributed by atoms with Gasteiger partial charge in [0.1, 0.15) is 10.8 Å². The summed E-state index contributed by atoms with van der Waals surface area (Å²) in [6, 6.07) is 2.77. The van der Waals surface area contributed by atoms with Crippen LogP contribution in [0.5, 0.6) is 0 Å². The standard InChI is InChI=1S/C10H12N4O3/c1-13-6-2-3-9(13)12-11-7-8-4-5-10(17-8)14(15)16/h4-5,7H,2-3,6H2,1H3. The summed E-state index contributed by atoms with van der Waals surface area (Å²) in [6.45, 7) is 0.987. The van der Waals surface area contributed by atoms with Crippen LogP contribution in [0.3, 0.4) is 0 Å². The van der Waals surface area contributed by atoms with E-state index < -0.39 is 4.92 Å². The maximum absolute atomic E-state index is 10.4. The van der Waals surface area contributed by atoms with E-state index in [1.54, 1.807) is 0 Å². The second-order valence-corrected chi connectivity index (χ2v) is 3.72. The molecule has 1 aromatic heterocycles. The van der Waals surface area contributed by atoms with Gasteiger partial charge in [0, 0.05) is 20.0 Å². The van der Waals surface area contributed by atoms with Crippen LogP contribution in [0.4, 0.5) is 5.88 Å². The molecule has 0 spiro atoms. The summed E-state index contributed by atoms with van der Waals surface area (Å²) < 4.78 is 4.91. The quantitative estimate of drug-likeness (QED) is 0.453. The molecule has 1 fully saturated rings. The van der Waals surface area contributed by atoms with E-state index in [1.165, 1.54) is 18.3 Å². The molecule has 0 saturated carbocycles. The molecule has 0 amide bonds. The van der Waals surface area contributed by atoms with Crippen LogP contribution in [0.15, 0.2) is 26.8 Å².